The number of carbonyl (C=O) groups is 1. The number of aryl methyl sites for hydroxylation is 1. The number of rotatable bonds is 5. The molecule has 0 bridgehead atoms. The number of furan rings is 1. The molecule has 0 fully saturated rings. The van der Waals surface area contributed by atoms with Gasteiger partial charge in [0.2, 0.25) is 0 Å². The van der Waals surface area contributed by atoms with Crippen molar-refractivity contribution in [1.29, 1.82) is 0 Å². The minimum absolute atomic E-state index is 0.0947. The summed E-state index contributed by atoms with van der Waals surface area (Å²) in [6.45, 7) is 5.86. The third-order valence-electron chi connectivity index (χ3n) is 3.90. The fourth-order valence-corrected chi connectivity index (χ4v) is 2.73. The van der Waals surface area contributed by atoms with E-state index in [0.29, 0.717) is 34.6 Å². The molecule has 1 unspecified atom stereocenters. The van der Waals surface area contributed by atoms with Gasteiger partial charge in [-0.2, -0.15) is 0 Å². The Hall–Kier alpha value is -2.75. The molecular formula is C20H20O4. The van der Waals surface area contributed by atoms with Gasteiger partial charge in [-0.15, -0.1) is 0 Å². The highest BCUT2D eigenvalue weighted by atomic mass is 16.5. The molecule has 4 heteroatoms. The SMILES string of the molecule is CCOC(=O)c1c(C)oc2ccc(OC(C)c3ccccc3)cc12. The summed E-state index contributed by atoms with van der Waals surface area (Å²) in [5.74, 6) is 0.865. The highest BCUT2D eigenvalue weighted by Crippen LogP contribution is 2.31. The number of hydrogen-bond acceptors (Lipinski definition) is 4. The van der Waals surface area contributed by atoms with Crippen molar-refractivity contribution in [3.05, 3.63) is 65.4 Å². The van der Waals surface area contributed by atoms with Crippen LogP contribution in [0.2, 0.25) is 0 Å². The number of ether oxygens (including phenoxy) is 2. The van der Waals surface area contributed by atoms with Gasteiger partial charge in [0.15, 0.2) is 0 Å². The number of hydrogen-bond donors (Lipinski definition) is 0. The normalized spacial score (nSPS) is 12.1. The molecule has 1 heterocycles. The van der Waals surface area contributed by atoms with Crippen LogP contribution in [0.5, 0.6) is 5.75 Å². The highest BCUT2D eigenvalue weighted by molar-refractivity contribution is 6.04. The zero-order valence-electron chi connectivity index (χ0n) is 14.0. The molecule has 0 aliphatic carbocycles. The Bertz CT molecular complexity index is 849. The molecule has 124 valence electrons. The van der Waals surface area contributed by atoms with Crippen LogP contribution in [0.25, 0.3) is 11.0 Å². The Morgan fingerprint density at radius 2 is 1.92 bits per heavy atom. The molecule has 0 radical (unpaired) electrons. The van der Waals surface area contributed by atoms with Gasteiger partial charge in [-0.3, -0.25) is 0 Å². The van der Waals surface area contributed by atoms with E-state index in [9.17, 15) is 4.79 Å². The Morgan fingerprint density at radius 3 is 2.62 bits per heavy atom. The van der Waals surface area contributed by atoms with Crippen LogP contribution in [0.15, 0.2) is 52.9 Å². The summed E-state index contributed by atoms with van der Waals surface area (Å²) in [5, 5.41) is 0.712. The summed E-state index contributed by atoms with van der Waals surface area (Å²) in [6, 6.07) is 15.5. The average molecular weight is 324 g/mol. The predicted octanol–water partition coefficient (Wildman–Crippen LogP) is 5.06. The second-order valence-corrected chi connectivity index (χ2v) is 5.58. The van der Waals surface area contributed by atoms with Gasteiger partial charge in [0, 0.05) is 5.39 Å². The van der Waals surface area contributed by atoms with E-state index in [2.05, 4.69) is 0 Å². The van der Waals surface area contributed by atoms with Crippen molar-refractivity contribution in [2.24, 2.45) is 0 Å². The fourth-order valence-electron chi connectivity index (χ4n) is 2.73. The molecule has 3 aromatic rings. The quantitative estimate of drug-likeness (QED) is 0.616. The van der Waals surface area contributed by atoms with Gasteiger partial charge in [0.1, 0.15) is 28.8 Å². The van der Waals surface area contributed by atoms with Crippen LogP contribution in [0.4, 0.5) is 0 Å². The molecule has 0 amide bonds. The van der Waals surface area contributed by atoms with Crippen LogP contribution < -0.4 is 4.74 Å². The molecule has 1 aromatic heterocycles. The number of esters is 1. The third-order valence-corrected chi connectivity index (χ3v) is 3.90. The van der Waals surface area contributed by atoms with Gasteiger partial charge in [-0.05, 0) is 44.5 Å². The lowest BCUT2D eigenvalue weighted by molar-refractivity contribution is 0.0526. The first-order valence-corrected chi connectivity index (χ1v) is 8.02. The van der Waals surface area contributed by atoms with Crippen molar-refractivity contribution in [1.82, 2.24) is 0 Å². The molecule has 4 nitrogen and oxygen atoms in total. The lowest BCUT2D eigenvalue weighted by Crippen LogP contribution is -2.05. The standard InChI is InChI=1S/C20H20O4/c1-4-22-20(21)19-14(3)24-18-11-10-16(12-17(18)19)23-13(2)15-8-6-5-7-9-15/h5-13H,4H2,1-3H3. The van der Waals surface area contributed by atoms with Crippen molar-refractivity contribution in [3.8, 4) is 5.75 Å². The first-order chi connectivity index (χ1) is 11.6. The van der Waals surface area contributed by atoms with E-state index in [1.807, 2.05) is 55.5 Å². The van der Waals surface area contributed by atoms with Crippen LogP contribution in [-0.2, 0) is 4.74 Å². The van der Waals surface area contributed by atoms with E-state index in [-0.39, 0.29) is 12.1 Å². The van der Waals surface area contributed by atoms with Crippen molar-refractivity contribution in [2.45, 2.75) is 26.9 Å². The van der Waals surface area contributed by atoms with Gasteiger partial charge < -0.3 is 13.9 Å². The zero-order valence-corrected chi connectivity index (χ0v) is 14.0. The van der Waals surface area contributed by atoms with Crippen molar-refractivity contribution in [3.63, 3.8) is 0 Å². The minimum Gasteiger partial charge on any atom is -0.486 e. The third kappa shape index (κ3) is 3.13. The predicted molar refractivity (Wildman–Crippen MR) is 92.4 cm³/mol. The molecule has 3 rings (SSSR count). The van der Waals surface area contributed by atoms with Gasteiger partial charge >= 0.3 is 5.97 Å². The molecule has 2 aromatic carbocycles. The fraction of sp³-hybridized carbons (Fsp3) is 0.250. The molecule has 0 N–H and O–H groups in total. The Morgan fingerprint density at radius 1 is 1.17 bits per heavy atom. The van der Waals surface area contributed by atoms with Crippen LogP contribution in [0.1, 0.15) is 41.6 Å². The number of fused-ring (bicyclic) bond motifs is 1. The monoisotopic (exact) mass is 324 g/mol. The Kier molecular flexibility index (Phi) is 4.56. The maximum atomic E-state index is 12.2. The number of carbonyl (C=O) groups excluding carboxylic acids is 1. The maximum Gasteiger partial charge on any atom is 0.342 e. The topological polar surface area (TPSA) is 48.7 Å². The van der Waals surface area contributed by atoms with Gasteiger partial charge in [0.25, 0.3) is 0 Å². The zero-order chi connectivity index (χ0) is 17.1. The van der Waals surface area contributed by atoms with E-state index < -0.39 is 0 Å². The molecule has 0 aliphatic heterocycles. The van der Waals surface area contributed by atoms with Crippen LogP contribution >= 0.6 is 0 Å². The lowest BCUT2D eigenvalue weighted by Gasteiger charge is -2.15. The van der Waals surface area contributed by atoms with Gasteiger partial charge in [-0.1, -0.05) is 30.3 Å². The van der Waals surface area contributed by atoms with Crippen LogP contribution in [-0.4, -0.2) is 12.6 Å². The maximum absolute atomic E-state index is 12.2. The summed E-state index contributed by atoms with van der Waals surface area (Å²) >= 11 is 0. The van der Waals surface area contributed by atoms with Crippen LogP contribution in [0.3, 0.4) is 0 Å². The minimum atomic E-state index is -0.373. The highest BCUT2D eigenvalue weighted by Gasteiger charge is 2.20. The average Bonchev–Trinajstić information content (AvgIpc) is 2.91. The summed E-state index contributed by atoms with van der Waals surface area (Å²) in [6.07, 6.45) is -0.0947. The molecule has 0 saturated carbocycles. The molecule has 1 atom stereocenters. The van der Waals surface area contributed by atoms with Gasteiger partial charge in [0.05, 0.1) is 6.61 Å². The van der Waals surface area contributed by atoms with Crippen molar-refractivity contribution in [2.75, 3.05) is 6.61 Å². The van der Waals surface area contributed by atoms with E-state index >= 15 is 0 Å². The summed E-state index contributed by atoms with van der Waals surface area (Å²) < 4.78 is 16.8. The molecule has 0 spiro atoms. The number of benzene rings is 2. The molecule has 0 aliphatic rings. The van der Waals surface area contributed by atoms with E-state index in [4.69, 9.17) is 13.9 Å². The summed E-state index contributed by atoms with van der Waals surface area (Å²) in [5.41, 5.74) is 2.20. The summed E-state index contributed by atoms with van der Waals surface area (Å²) in [7, 11) is 0. The summed E-state index contributed by atoms with van der Waals surface area (Å²) in [4.78, 5) is 12.2. The second kappa shape index (κ2) is 6.79. The smallest absolute Gasteiger partial charge is 0.342 e. The van der Waals surface area contributed by atoms with Gasteiger partial charge in [-0.25, -0.2) is 4.79 Å². The van der Waals surface area contributed by atoms with Crippen LogP contribution in [0, 0.1) is 6.92 Å². The van der Waals surface area contributed by atoms with Crippen molar-refractivity contribution < 1.29 is 18.7 Å². The van der Waals surface area contributed by atoms with E-state index in [1.54, 1.807) is 13.8 Å². The molecule has 24 heavy (non-hydrogen) atoms. The largest absolute Gasteiger partial charge is 0.486 e. The lowest BCUT2D eigenvalue weighted by atomic mass is 10.1. The van der Waals surface area contributed by atoms with E-state index in [0.717, 1.165) is 5.56 Å². The molecular weight excluding hydrogens is 304 g/mol. The van der Waals surface area contributed by atoms with E-state index in [1.165, 1.54) is 0 Å². The Balaban J connectivity index is 1.93. The molecule has 0 saturated heterocycles. The first kappa shape index (κ1) is 16.1. The second-order valence-electron chi connectivity index (χ2n) is 5.58. The van der Waals surface area contributed by atoms with Crippen molar-refractivity contribution >= 4 is 16.9 Å². The Labute approximate surface area is 141 Å². The first-order valence-electron chi connectivity index (χ1n) is 8.02.